The van der Waals surface area contributed by atoms with Gasteiger partial charge in [-0.15, -0.1) is 0 Å². The molecular weight excluding hydrogens is 600 g/mol. The van der Waals surface area contributed by atoms with Crippen LogP contribution in [0.15, 0.2) is 60.7 Å². The number of hydrogen-bond donors (Lipinski definition) is 0. The zero-order valence-electron chi connectivity index (χ0n) is 24.3. The van der Waals surface area contributed by atoms with Crippen molar-refractivity contribution in [2.24, 2.45) is 0 Å². The van der Waals surface area contributed by atoms with E-state index in [1.165, 1.54) is 23.5 Å². The Hall–Kier alpha value is 0.542. The molecule has 5 heteroatoms. The van der Waals surface area contributed by atoms with Crippen molar-refractivity contribution in [3.8, 4) is 0 Å². The molecule has 0 atom stereocenters. The van der Waals surface area contributed by atoms with Crippen LogP contribution in [0.1, 0.15) is 94.2 Å². The van der Waals surface area contributed by atoms with Gasteiger partial charge in [0.05, 0.1) is 32.9 Å². The molecule has 2 aromatic carbocycles. The predicted octanol–water partition coefficient (Wildman–Crippen LogP) is 11.4. The number of hydrogen-bond acceptors (Lipinski definition) is 0. The van der Waals surface area contributed by atoms with Crippen molar-refractivity contribution in [2.45, 2.75) is 116 Å². The first-order valence-corrected chi connectivity index (χ1v) is 19.9. The molecule has 2 aromatic rings. The van der Waals surface area contributed by atoms with Crippen molar-refractivity contribution in [3.05, 3.63) is 71.8 Å². The van der Waals surface area contributed by atoms with E-state index in [4.69, 9.17) is 19.1 Å². The molecule has 35 heavy (non-hydrogen) atoms. The van der Waals surface area contributed by atoms with Crippen LogP contribution in [0.25, 0.3) is 0 Å². The van der Waals surface area contributed by atoms with Gasteiger partial charge >= 0.3 is 35.0 Å². The molecule has 0 aliphatic carbocycles. The van der Waals surface area contributed by atoms with Gasteiger partial charge in [0.2, 0.25) is 0 Å². The Kier molecular flexibility index (Phi) is 16.1. The third-order valence-corrected chi connectivity index (χ3v) is 14.8. The number of benzene rings is 2. The average Bonchev–Trinajstić information content (AvgIpc) is 2.70. The monoisotopic (exact) mass is 650 g/mol. The fourth-order valence-corrected chi connectivity index (χ4v) is 12.8. The Balaban J connectivity index is 0.000000594. The van der Waals surface area contributed by atoms with Crippen LogP contribution in [-0.4, -0.2) is 20.6 Å². The maximum absolute atomic E-state index is 4.81. The number of rotatable bonds is 4. The second-order valence-corrected chi connectivity index (χ2v) is 24.3. The number of halogens is 2. The van der Waals surface area contributed by atoms with E-state index in [0.717, 1.165) is 0 Å². The molecule has 0 N–H and O–H groups in total. The van der Waals surface area contributed by atoms with Gasteiger partial charge in [0, 0.05) is 15.8 Å². The van der Waals surface area contributed by atoms with E-state index >= 15 is 0 Å². The SMILES string of the molecule is CC(C)(C)[PH+](Cc1ccccc1)C(C)(C)C.CC(C)(C)[PH+](Cc1ccccc1)C(C)(C)C.[Cl][Pd][Cl]. The Labute approximate surface area is 237 Å². The zero-order chi connectivity index (χ0) is 27.5. The predicted molar refractivity (Wildman–Crippen MR) is 168 cm³/mol. The summed E-state index contributed by atoms with van der Waals surface area (Å²) >= 11 is -0.106. The Morgan fingerprint density at radius 1 is 0.486 bits per heavy atom. The van der Waals surface area contributed by atoms with Gasteiger partial charge in [-0.25, -0.2) is 0 Å². The molecule has 0 bridgehead atoms. The molecule has 204 valence electrons. The second-order valence-electron chi connectivity index (χ2n) is 13.3. The van der Waals surface area contributed by atoms with Crippen molar-refractivity contribution in [1.82, 2.24) is 0 Å². The molecule has 0 aliphatic rings. The van der Waals surface area contributed by atoms with Crippen molar-refractivity contribution in [2.75, 3.05) is 0 Å². The van der Waals surface area contributed by atoms with E-state index in [0.29, 0.717) is 20.6 Å². The standard InChI is InChI=1S/2C15H25P.2ClH.Pd/c2*1-14(2,3)16(15(4,5)6)12-13-10-8-7-9-11-13;;;/h2*7-11H,12H2,1-6H3;2*1H;/q;;;;+2. The molecule has 0 nitrogen and oxygen atoms in total. The van der Waals surface area contributed by atoms with Gasteiger partial charge in [0.1, 0.15) is 0 Å². The Morgan fingerprint density at radius 3 is 0.857 bits per heavy atom. The van der Waals surface area contributed by atoms with Gasteiger partial charge in [-0.2, -0.15) is 0 Å². The maximum atomic E-state index is 4.81. The van der Waals surface area contributed by atoms with E-state index < -0.39 is 15.8 Å². The molecule has 0 radical (unpaired) electrons. The Bertz CT molecular complexity index is 701. The van der Waals surface area contributed by atoms with Crippen LogP contribution in [0.2, 0.25) is 0 Å². The second kappa shape index (κ2) is 15.8. The van der Waals surface area contributed by atoms with E-state index in [-0.39, 0.29) is 15.9 Å². The third-order valence-electron chi connectivity index (χ3n) is 6.07. The molecule has 0 fully saturated rings. The van der Waals surface area contributed by atoms with E-state index in [1.807, 2.05) is 0 Å². The van der Waals surface area contributed by atoms with Crippen molar-refractivity contribution in [3.63, 3.8) is 0 Å². The summed E-state index contributed by atoms with van der Waals surface area (Å²) in [5.41, 5.74) is 3.00. The van der Waals surface area contributed by atoms with Crippen molar-refractivity contribution < 1.29 is 15.9 Å². The summed E-state index contributed by atoms with van der Waals surface area (Å²) in [7, 11) is 8.77. The summed E-state index contributed by atoms with van der Waals surface area (Å²) in [6.07, 6.45) is 2.55. The summed E-state index contributed by atoms with van der Waals surface area (Å²) in [6, 6.07) is 21.9. The summed E-state index contributed by atoms with van der Waals surface area (Å²) in [6.45, 7) is 28.8. The first-order valence-electron chi connectivity index (χ1n) is 12.5. The first-order chi connectivity index (χ1) is 15.8. The molecule has 0 saturated carbocycles. The van der Waals surface area contributed by atoms with Gasteiger partial charge < -0.3 is 0 Å². The van der Waals surface area contributed by atoms with Crippen LogP contribution >= 0.6 is 34.9 Å². The van der Waals surface area contributed by atoms with Crippen LogP contribution in [0, 0.1) is 0 Å². The van der Waals surface area contributed by atoms with Crippen LogP contribution in [0.3, 0.4) is 0 Å². The molecular formula is C30H52Cl2P2Pd+2. The molecule has 0 heterocycles. The van der Waals surface area contributed by atoms with Crippen LogP contribution in [-0.2, 0) is 28.3 Å². The van der Waals surface area contributed by atoms with Gasteiger partial charge in [0.25, 0.3) is 0 Å². The minimum absolute atomic E-state index is 0.106. The van der Waals surface area contributed by atoms with Crippen molar-refractivity contribution in [1.29, 1.82) is 0 Å². The van der Waals surface area contributed by atoms with Crippen LogP contribution in [0.4, 0.5) is 0 Å². The zero-order valence-corrected chi connectivity index (χ0v) is 29.3. The average molecular weight is 652 g/mol. The molecule has 0 spiro atoms. The normalized spacial score (nSPS) is 12.7. The topological polar surface area (TPSA) is 0 Å². The van der Waals surface area contributed by atoms with E-state index in [1.54, 1.807) is 0 Å². The summed E-state index contributed by atoms with van der Waals surface area (Å²) < 4.78 is 0. The van der Waals surface area contributed by atoms with Crippen LogP contribution in [0.5, 0.6) is 0 Å². The molecule has 2 rings (SSSR count). The third kappa shape index (κ3) is 15.5. The van der Waals surface area contributed by atoms with Crippen molar-refractivity contribution >= 4 is 34.9 Å². The molecule has 0 amide bonds. The van der Waals surface area contributed by atoms with Gasteiger partial charge in [-0.05, 0) is 94.2 Å². The van der Waals surface area contributed by atoms with E-state index in [2.05, 4.69) is 144 Å². The summed E-state index contributed by atoms with van der Waals surface area (Å²) in [5.74, 6) is 0. The molecule has 0 aromatic heterocycles. The molecule has 0 aliphatic heterocycles. The molecule has 0 unspecified atom stereocenters. The van der Waals surface area contributed by atoms with Crippen LogP contribution < -0.4 is 0 Å². The first kappa shape index (κ1) is 35.5. The fourth-order valence-electron chi connectivity index (χ4n) is 4.91. The minimum atomic E-state index is -0.428. The quantitative estimate of drug-likeness (QED) is 0.228. The van der Waals surface area contributed by atoms with Gasteiger partial charge in [-0.1, -0.05) is 60.7 Å². The summed E-state index contributed by atoms with van der Waals surface area (Å²) in [4.78, 5) is 0. The summed E-state index contributed by atoms with van der Waals surface area (Å²) in [5, 5.41) is 1.83. The Morgan fingerprint density at radius 2 is 0.686 bits per heavy atom. The van der Waals surface area contributed by atoms with Gasteiger partial charge in [-0.3, -0.25) is 0 Å². The fraction of sp³-hybridized carbons (Fsp3) is 0.600. The molecule has 0 saturated heterocycles. The van der Waals surface area contributed by atoms with Gasteiger partial charge in [0.15, 0.2) is 0 Å². The van der Waals surface area contributed by atoms with E-state index in [9.17, 15) is 0 Å².